The lowest BCUT2D eigenvalue weighted by atomic mass is 10.2. The Balaban J connectivity index is 1.87. The maximum atomic E-state index is 12.4. The SMILES string of the molecule is O=S(=O)(c1ccccc1)N1C[C@H]1c1cccc(Cl)c1. The van der Waals surface area contributed by atoms with Crippen molar-refractivity contribution in [2.45, 2.75) is 10.9 Å². The number of rotatable bonds is 3. The van der Waals surface area contributed by atoms with Crippen molar-refractivity contribution in [1.82, 2.24) is 4.31 Å². The summed E-state index contributed by atoms with van der Waals surface area (Å²) in [6.45, 7) is 0.511. The Kier molecular flexibility index (Phi) is 3.09. The molecule has 98 valence electrons. The van der Waals surface area contributed by atoms with Crippen LogP contribution in [0.25, 0.3) is 0 Å². The third-order valence-corrected chi connectivity index (χ3v) is 5.27. The van der Waals surface area contributed by atoms with Gasteiger partial charge in [-0.1, -0.05) is 41.9 Å². The molecule has 2 aromatic rings. The molecule has 5 heteroatoms. The van der Waals surface area contributed by atoms with Gasteiger partial charge in [0.15, 0.2) is 0 Å². The number of nitrogens with zero attached hydrogens (tertiary/aromatic N) is 1. The van der Waals surface area contributed by atoms with Crippen molar-refractivity contribution in [3.05, 3.63) is 65.2 Å². The van der Waals surface area contributed by atoms with Gasteiger partial charge in [-0.05, 0) is 29.8 Å². The van der Waals surface area contributed by atoms with Crippen molar-refractivity contribution >= 4 is 21.6 Å². The van der Waals surface area contributed by atoms with Gasteiger partial charge in [-0.2, -0.15) is 4.31 Å². The molecule has 1 unspecified atom stereocenters. The van der Waals surface area contributed by atoms with Gasteiger partial charge in [0, 0.05) is 11.6 Å². The van der Waals surface area contributed by atoms with Crippen LogP contribution in [0.2, 0.25) is 5.02 Å². The summed E-state index contributed by atoms with van der Waals surface area (Å²) in [5, 5.41) is 0.626. The molecule has 0 saturated carbocycles. The minimum absolute atomic E-state index is 0.0936. The van der Waals surface area contributed by atoms with Crippen LogP contribution in [-0.4, -0.2) is 19.3 Å². The van der Waals surface area contributed by atoms with Gasteiger partial charge in [-0.3, -0.25) is 0 Å². The van der Waals surface area contributed by atoms with E-state index >= 15 is 0 Å². The minimum atomic E-state index is -3.39. The van der Waals surface area contributed by atoms with Gasteiger partial charge >= 0.3 is 0 Å². The van der Waals surface area contributed by atoms with Gasteiger partial charge in [0.2, 0.25) is 10.0 Å². The lowest BCUT2D eigenvalue weighted by Gasteiger charge is -2.06. The Morgan fingerprint density at radius 2 is 1.79 bits per heavy atom. The van der Waals surface area contributed by atoms with Crippen LogP contribution in [0.1, 0.15) is 11.6 Å². The van der Waals surface area contributed by atoms with E-state index in [9.17, 15) is 8.42 Å². The van der Waals surface area contributed by atoms with E-state index in [1.54, 1.807) is 36.4 Å². The second-order valence-electron chi connectivity index (χ2n) is 4.46. The first-order valence-electron chi connectivity index (χ1n) is 5.91. The average molecular weight is 294 g/mol. The molecule has 0 N–H and O–H groups in total. The number of benzene rings is 2. The second kappa shape index (κ2) is 4.63. The largest absolute Gasteiger partial charge is 0.243 e. The van der Waals surface area contributed by atoms with E-state index < -0.39 is 10.0 Å². The van der Waals surface area contributed by atoms with Crippen LogP contribution in [0.5, 0.6) is 0 Å². The fourth-order valence-corrected chi connectivity index (χ4v) is 3.87. The highest BCUT2D eigenvalue weighted by molar-refractivity contribution is 7.89. The van der Waals surface area contributed by atoms with E-state index in [4.69, 9.17) is 11.6 Å². The third kappa shape index (κ3) is 2.39. The Labute approximate surface area is 117 Å². The second-order valence-corrected chi connectivity index (χ2v) is 6.79. The highest BCUT2D eigenvalue weighted by atomic mass is 35.5. The quantitative estimate of drug-likeness (QED) is 0.816. The highest BCUT2D eigenvalue weighted by Gasteiger charge is 2.45. The van der Waals surface area contributed by atoms with Crippen molar-refractivity contribution in [1.29, 1.82) is 0 Å². The molecule has 0 spiro atoms. The molecule has 3 rings (SSSR count). The molecule has 0 amide bonds. The molecule has 3 nitrogen and oxygen atoms in total. The molecule has 1 aliphatic rings. The molecule has 2 atom stereocenters. The summed E-state index contributed by atoms with van der Waals surface area (Å²) in [7, 11) is -3.39. The summed E-state index contributed by atoms with van der Waals surface area (Å²) >= 11 is 5.93. The summed E-state index contributed by atoms with van der Waals surface area (Å²) < 4.78 is 26.2. The van der Waals surface area contributed by atoms with Crippen LogP contribution in [0.3, 0.4) is 0 Å². The zero-order valence-corrected chi connectivity index (χ0v) is 11.6. The predicted molar refractivity (Wildman–Crippen MR) is 74.5 cm³/mol. The predicted octanol–water partition coefficient (Wildman–Crippen LogP) is 3.09. The standard InChI is InChI=1S/C14H12ClNO2S/c15-12-6-4-5-11(9-12)14-10-16(14)19(17,18)13-7-2-1-3-8-13/h1-9,14H,10H2/t14-,16?/m0/s1. The first-order chi connectivity index (χ1) is 9.09. The van der Waals surface area contributed by atoms with Crippen LogP contribution in [0.15, 0.2) is 59.5 Å². The molecule has 1 heterocycles. The van der Waals surface area contributed by atoms with Gasteiger partial charge in [0.25, 0.3) is 0 Å². The Morgan fingerprint density at radius 1 is 1.05 bits per heavy atom. The van der Waals surface area contributed by atoms with Crippen molar-refractivity contribution in [2.75, 3.05) is 6.54 Å². The molecular weight excluding hydrogens is 282 g/mol. The Morgan fingerprint density at radius 3 is 2.47 bits per heavy atom. The molecule has 0 aromatic heterocycles. The summed E-state index contributed by atoms with van der Waals surface area (Å²) in [6.07, 6.45) is 0. The van der Waals surface area contributed by atoms with E-state index in [-0.39, 0.29) is 6.04 Å². The van der Waals surface area contributed by atoms with Crippen molar-refractivity contribution in [2.24, 2.45) is 0 Å². The smallest absolute Gasteiger partial charge is 0.207 e. The molecule has 0 radical (unpaired) electrons. The maximum absolute atomic E-state index is 12.4. The first kappa shape index (κ1) is 12.7. The normalized spacial score (nSPS) is 22.2. The number of hydrogen-bond acceptors (Lipinski definition) is 2. The van der Waals surface area contributed by atoms with Crippen LogP contribution in [0.4, 0.5) is 0 Å². The monoisotopic (exact) mass is 293 g/mol. The maximum Gasteiger partial charge on any atom is 0.243 e. The fraction of sp³-hybridized carbons (Fsp3) is 0.143. The zero-order valence-electron chi connectivity index (χ0n) is 10.0. The number of hydrogen-bond donors (Lipinski definition) is 0. The Bertz CT molecular complexity index is 700. The van der Waals surface area contributed by atoms with Crippen LogP contribution in [0, 0.1) is 0 Å². The van der Waals surface area contributed by atoms with Gasteiger partial charge in [-0.25, -0.2) is 8.42 Å². The first-order valence-corrected chi connectivity index (χ1v) is 7.73. The third-order valence-electron chi connectivity index (χ3n) is 3.15. The number of sulfonamides is 1. The van der Waals surface area contributed by atoms with Gasteiger partial charge in [0.05, 0.1) is 10.9 Å². The van der Waals surface area contributed by atoms with Crippen molar-refractivity contribution in [3.8, 4) is 0 Å². The lowest BCUT2D eigenvalue weighted by molar-refractivity contribution is 0.554. The van der Waals surface area contributed by atoms with E-state index in [1.165, 1.54) is 4.31 Å². The summed E-state index contributed by atoms with van der Waals surface area (Å²) in [5.41, 5.74) is 0.937. The molecule has 1 saturated heterocycles. The average Bonchev–Trinajstić information content (AvgIpc) is 3.21. The van der Waals surface area contributed by atoms with Crippen LogP contribution in [-0.2, 0) is 10.0 Å². The zero-order chi connectivity index (χ0) is 13.5. The molecule has 0 bridgehead atoms. The molecular formula is C14H12ClNO2S. The summed E-state index contributed by atoms with van der Waals surface area (Å²) in [5.74, 6) is 0. The van der Waals surface area contributed by atoms with Crippen molar-refractivity contribution in [3.63, 3.8) is 0 Å². The van der Waals surface area contributed by atoms with E-state index in [2.05, 4.69) is 0 Å². The van der Waals surface area contributed by atoms with Gasteiger partial charge in [-0.15, -0.1) is 0 Å². The highest BCUT2D eigenvalue weighted by Crippen LogP contribution is 2.40. The van der Waals surface area contributed by atoms with Gasteiger partial charge < -0.3 is 0 Å². The lowest BCUT2D eigenvalue weighted by Crippen LogP contribution is -2.12. The van der Waals surface area contributed by atoms with Gasteiger partial charge in [0.1, 0.15) is 0 Å². The van der Waals surface area contributed by atoms with E-state index in [0.29, 0.717) is 16.5 Å². The van der Waals surface area contributed by atoms with E-state index in [0.717, 1.165) is 5.56 Å². The fourth-order valence-electron chi connectivity index (χ4n) is 2.10. The molecule has 0 aliphatic carbocycles. The minimum Gasteiger partial charge on any atom is -0.207 e. The van der Waals surface area contributed by atoms with Crippen molar-refractivity contribution < 1.29 is 8.42 Å². The summed E-state index contributed by atoms with van der Waals surface area (Å²) in [4.78, 5) is 0.333. The summed E-state index contributed by atoms with van der Waals surface area (Å²) in [6, 6.07) is 15.7. The molecule has 1 fully saturated rings. The Hall–Kier alpha value is -1.36. The molecule has 1 aliphatic heterocycles. The number of halogens is 1. The van der Waals surface area contributed by atoms with Crippen LogP contribution < -0.4 is 0 Å². The van der Waals surface area contributed by atoms with E-state index in [1.807, 2.05) is 18.2 Å². The molecule has 2 aromatic carbocycles. The molecule has 19 heavy (non-hydrogen) atoms. The topological polar surface area (TPSA) is 37.1 Å². The van der Waals surface area contributed by atoms with Crippen LogP contribution >= 0.6 is 11.6 Å².